The Kier molecular flexibility index (Phi) is 5.97. The number of amides is 2. The molecule has 3 N–H and O–H groups in total. The van der Waals surface area contributed by atoms with Crippen LogP contribution in [0, 0.1) is 0 Å². The van der Waals surface area contributed by atoms with Gasteiger partial charge in [0.2, 0.25) is 15.9 Å². The van der Waals surface area contributed by atoms with Crippen LogP contribution in [0.5, 0.6) is 0 Å². The SMILES string of the molecule is NS(=O)(=O)c1ccc(CCN[C@H]2CC(=O)N(c3ccc(C(F)(F)F)cc3)C2=O)cc1. The van der Waals surface area contributed by atoms with Gasteiger partial charge >= 0.3 is 6.18 Å². The van der Waals surface area contributed by atoms with E-state index < -0.39 is 39.6 Å². The number of nitrogens with one attached hydrogen (secondary N) is 1. The zero-order chi connectivity index (χ0) is 22.1. The van der Waals surface area contributed by atoms with E-state index in [9.17, 15) is 31.2 Å². The molecule has 160 valence electrons. The Bertz CT molecular complexity index is 1050. The number of carbonyl (C=O) groups is 2. The average Bonchev–Trinajstić information content (AvgIpc) is 2.94. The van der Waals surface area contributed by atoms with Crippen LogP contribution in [-0.2, 0) is 32.2 Å². The minimum absolute atomic E-state index is 0.0111. The lowest BCUT2D eigenvalue weighted by molar-refractivity contribution is -0.137. The predicted molar refractivity (Wildman–Crippen MR) is 102 cm³/mol. The maximum Gasteiger partial charge on any atom is 0.416 e. The van der Waals surface area contributed by atoms with Crippen molar-refractivity contribution in [3.05, 3.63) is 59.7 Å². The summed E-state index contributed by atoms with van der Waals surface area (Å²) in [7, 11) is -3.78. The van der Waals surface area contributed by atoms with Gasteiger partial charge in [0, 0.05) is 0 Å². The molecule has 0 aromatic heterocycles. The molecule has 30 heavy (non-hydrogen) atoms. The second kappa shape index (κ2) is 8.17. The highest BCUT2D eigenvalue weighted by molar-refractivity contribution is 7.89. The fourth-order valence-electron chi connectivity index (χ4n) is 3.10. The fourth-order valence-corrected chi connectivity index (χ4v) is 3.61. The molecule has 2 aromatic carbocycles. The number of primary sulfonamides is 1. The molecule has 1 aliphatic heterocycles. The summed E-state index contributed by atoms with van der Waals surface area (Å²) in [5, 5.41) is 7.99. The van der Waals surface area contributed by atoms with Crippen molar-refractivity contribution in [2.24, 2.45) is 5.14 Å². The third-order valence-corrected chi connectivity index (χ3v) is 5.58. The minimum atomic E-state index is -4.51. The van der Waals surface area contributed by atoms with Crippen molar-refractivity contribution in [2.45, 2.75) is 30.0 Å². The molecule has 2 amide bonds. The first-order valence-corrected chi connectivity index (χ1v) is 10.4. The number of anilines is 1. The van der Waals surface area contributed by atoms with Crippen molar-refractivity contribution in [3.63, 3.8) is 0 Å². The Morgan fingerprint density at radius 2 is 1.63 bits per heavy atom. The molecule has 1 atom stereocenters. The number of nitrogens with two attached hydrogens (primary N) is 1. The first-order chi connectivity index (χ1) is 14.0. The molecule has 0 unspecified atom stereocenters. The Labute approximate surface area is 170 Å². The topological polar surface area (TPSA) is 110 Å². The van der Waals surface area contributed by atoms with Crippen molar-refractivity contribution in [3.8, 4) is 0 Å². The third-order valence-electron chi connectivity index (χ3n) is 4.66. The molecular formula is C19H18F3N3O4S. The number of hydrogen-bond acceptors (Lipinski definition) is 5. The molecule has 1 saturated heterocycles. The van der Waals surface area contributed by atoms with Crippen LogP contribution in [0.25, 0.3) is 0 Å². The molecule has 11 heteroatoms. The van der Waals surface area contributed by atoms with Gasteiger partial charge in [0.25, 0.3) is 5.91 Å². The van der Waals surface area contributed by atoms with Crippen molar-refractivity contribution in [1.82, 2.24) is 5.32 Å². The Morgan fingerprint density at radius 1 is 1.03 bits per heavy atom. The number of nitrogens with zero attached hydrogens (tertiary/aromatic N) is 1. The van der Waals surface area contributed by atoms with Crippen LogP contribution in [0.3, 0.4) is 0 Å². The lowest BCUT2D eigenvalue weighted by Crippen LogP contribution is -2.39. The number of alkyl halides is 3. The van der Waals surface area contributed by atoms with Crippen LogP contribution in [0.1, 0.15) is 17.5 Å². The summed E-state index contributed by atoms with van der Waals surface area (Å²) < 4.78 is 60.5. The normalized spacial score (nSPS) is 17.6. The molecule has 7 nitrogen and oxygen atoms in total. The summed E-state index contributed by atoms with van der Waals surface area (Å²) >= 11 is 0. The van der Waals surface area contributed by atoms with E-state index in [1.165, 1.54) is 12.1 Å². The van der Waals surface area contributed by atoms with Crippen molar-refractivity contribution >= 4 is 27.5 Å². The molecule has 1 fully saturated rings. The van der Waals surface area contributed by atoms with Crippen LogP contribution in [-0.4, -0.2) is 32.8 Å². The van der Waals surface area contributed by atoms with E-state index in [2.05, 4.69) is 5.32 Å². The van der Waals surface area contributed by atoms with Crippen LogP contribution >= 0.6 is 0 Å². The highest BCUT2D eigenvalue weighted by atomic mass is 32.2. The summed E-state index contributed by atoms with van der Waals surface area (Å²) in [6.45, 7) is 0.333. The lowest BCUT2D eigenvalue weighted by Gasteiger charge is -2.16. The lowest BCUT2D eigenvalue weighted by atomic mass is 10.1. The molecule has 1 aliphatic rings. The van der Waals surface area contributed by atoms with Crippen LogP contribution in [0.2, 0.25) is 0 Å². The van der Waals surface area contributed by atoms with Gasteiger partial charge in [-0.05, 0) is 54.9 Å². The van der Waals surface area contributed by atoms with Gasteiger partial charge in [0.15, 0.2) is 0 Å². The molecule has 0 bridgehead atoms. The highest BCUT2D eigenvalue weighted by Gasteiger charge is 2.39. The first kappa shape index (κ1) is 21.9. The second-order valence-electron chi connectivity index (χ2n) is 6.76. The molecule has 1 heterocycles. The second-order valence-corrected chi connectivity index (χ2v) is 8.32. The third kappa shape index (κ3) is 4.86. The van der Waals surface area contributed by atoms with Crippen LogP contribution < -0.4 is 15.4 Å². The Balaban J connectivity index is 1.60. The van der Waals surface area contributed by atoms with Gasteiger partial charge in [0.1, 0.15) is 0 Å². The van der Waals surface area contributed by atoms with Crippen LogP contribution in [0.15, 0.2) is 53.4 Å². The minimum Gasteiger partial charge on any atom is -0.305 e. The summed E-state index contributed by atoms with van der Waals surface area (Å²) in [5.74, 6) is -1.04. The monoisotopic (exact) mass is 441 g/mol. The van der Waals surface area contributed by atoms with Gasteiger partial charge < -0.3 is 5.32 Å². The number of imide groups is 1. The highest BCUT2D eigenvalue weighted by Crippen LogP contribution is 2.31. The number of hydrogen-bond donors (Lipinski definition) is 2. The van der Waals surface area contributed by atoms with E-state index in [-0.39, 0.29) is 17.0 Å². The zero-order valence-electron chi connectivity index (χ0n) is 15.5. The van der Waals surface area contributed by atoms with Crippen molar-refractivity contribution in [1.29, 1.82) is 0 Å². The summed E-state index contributed by atoms with van der Waals surface area (Å²) in [4.78, 5) is 25.6. The maximum absolute atomic E-state index is 12.7. The molecule has 2 aromatic rings. The molecule has 3 rings (SSSR count). The smallest absolute Gasteiger partial charge is 0.305 e. The summed E-state index contributed by atoms with van der Waals surface area (Å²) in [6.07, 6.45) is -4.15. The molecule has 0 aliphatic carbocycles. The van der Waals surface area contributed by atoms with Gasteiger partial charge in [0.05, 0.1) is 28.6 Å². The van der Waals surface area contributed by atoms with E-state index in [1.807, 2.05) is 0 Å². The fraction of sp³-hybridized carbons (Fsp3) is 0.263. The van der Waals surface area contributed by atoms with E-state index in [1.54, 1.807) is 12.1 Å². The summed E-state index contributed by atoms with van der Waals surface area (Å²) in [5.41, 5.74) is 0.0145. The van der Waals surface area contributed by atoms with E-state index in [0.717, 1.165) is 34.7 Å². The quantitative estimate of drug-likeness (QED) is 0.665. The molecular weight excluding hydrogens is 423 g/mol. The van der Waals surface area contributed by atoms with Crippen molar-refractivity contribution in [2.75, 3.05) is 11.4 Å². The first-order valence-electron chi connectivity index (χ1n) is 8.86. The molecule has 0 radical (unpaired) electrons. The Morgan fingerprint density at radius 3 is 2.17 bits per heavy atom. The van der Waals surface area contributed by atoms with Crippen molar-refractivity contribution < 1.29 is 31.2 Å². The van der Waals surface area contributed by atoms with Crippen LogP contribution in [0.4, 0.5) is 18.9 Å². The number of carbonyl (C=O) groups excluding carboxylic acids is 2. The average molecular weight is 441 g/mol. The van der Waals surface area contributed by atoms with Gasteiger partial charge in [-0.15, -0.1) is 0 Å². The van der Waals surface area contributed by atoms with Gasteiger partial charge in [-0.25, -0.2) is 18.5 Å². The van der Waals surface area contributed by atoms with Gasteiger partial charge in [-0.2, -0.15) is 13.2 Å². The molecule has 0 spiro atoms. The molecule has 0 saturated carbocycles. The Hall–Kier alpha value is -2.76. The number of halogens is 3. The van der Waals surface area contributed by atoms with E-state index in [4.69, 9.17) is 5.14 Å². The number of rotatable bonds is 6. The van der Waals surface area contributed by atoms with Gasteiger partial charge in [-0.3, -0.25) is 9.59 Å². The standard InChI is InChI=1S/C19H18F3N3O4S/c20-19(21,22)13-3-5-14(6-4-13)25-17(26)11-16(18(25)27)24-10-9-12-1-7-15(8-2-12)30(23,28)29/h1-8,16,24H,9-11H2,(H2,23,28,29)/t16-/m0/s1. The zero-order valence-corrected chi connectivity index (χ0v) is 16.3. The number of sulfonamides is 1. The maximum atomic E-state index is 12.7. The largest absolute Gasteiger partial charge is 0.416 e. The predicted octanol–water partition coefficient (Wildman–Crippen LogP) is 1.82. The van der Waals surface area contributed by atoms with E-state index in [0.29, 0.717) is 13.0 Å². The summed E-state index contributed by atoms with van der Waals surface area (Å²) in [6, 6.07) is 8.98. The number of benzene rings is 2. The van der Waals surface area contributed by atoms with E-state index >= 15 is 0 Å². The van der Waals surface area contributed by atoms with Gasteiger partial charge in [-0.1, -0.05) is 12.1 Å².